The number of hydrogen-bond acceptors (Lipinski definition) is 7. The van der Waals surface area contributed by atoms with Crippen LogP contribution in [0.25, 0.3) is 10.9 Å². The third-order valence-electron chi connectivity index (χ3n) is 4.00. The highest BCUT2D eigenvalue weighted by molar-refractivity contribution is 5.83. The van der Waals surface area contributed by atoms with Crippen molar-refractivity contribution >= 4 is 33.9 Å². The molecular formula is C18H15N7O2. The van der Waals surface area contributed by atoms with E-state index in [2.05, 4.69) is 30.8 Å². The van der Waals surface area contributed by atoms with Crippen LogP contribution >= 0.6 is 0 Å². The average molecular weight is 361 g/mol. The summed E-state index contributed by atoms with van der Waals surface area (Å²) in [6.07, 6.45) is 5.13. The van der Waals surface area contributed by atoms with Crippen LogP contribution in [0.5, 0.6) is 0 Å². The molecule has 0 saturated carbocycles. The summed E-state index contributed by atoms with van der Waals surface area (Å²) in [5.74, 6) is 0.695. The van der Waals surface area contributed by atoms with E-state index >= 15 is 0 Å². The summed E-state index contributed by atoms with van der Waals surface area (Å²) in [5, 5.41) is 25.3. The first-order chi connectivity index (χ1) is 13.2. The van der Waals surface area contributed by atoms with Gasteiger partial charge in [-0.05, 0) is 42.0 Å². The van der Waals surface area contributed by atoms with E-state index in [9.17, 15) is 10.1 Å². The van der Waals surface area contributed by atoms with Gasteiger partial charge in [0, 0.05) is 36.1 Å². The van der Waals surface area contributed by atoms with Gasteiger partial charge in [-0.2, -0.15) is 5.10 Å². The monoisotopic (exact) mass is 361 g/mol. The molecule has 0 atom stereocenters. The van der Waals surface area contributed by atoms with Crippen LogP contribution < -0.4 is 10.6 Å². The molecule has 134 valence electrons. The van der Waals surface area contributed by atoms with E-state index in [1.807, 2.05) is 30.3 Å². The lowest BCUT2D eigenvalue weighted by atomic mass is 10.2. The molecule has 3 aromatic heterocycles. The highest BCUT2D eigenvalue weighted by atomic mass is 16.6. The quantitative estimate of drug-likeness (QED) is 0.354. The van der Waals surface area contributed by atoms with Gasteiger partial charge in [0.2, 0.25) is 5.82 Å². The largest absolute Gasteiger partial charge is 0.366 e. The zero-order valence-corrected chi connectivity index (χ0v) is 14.1. The fourth-order valence-corrected chi connectivity index (χ4v) is 2.63. The molecule has 9 heteroatoms. The van der Waals surface area contributed by atoms with Crippen LogP contribution in [0.1, 0.15) is 5.56 Å². The van der Waals surface area contributed by atoms with Crippen LogP contribution in [-0.2, 0) is 6.54 Å². The number of aromatic nitrogens is 4. The molecule has 0 bridgehead atoms. The van der Waals surface area contributed by atoms with Crippen molar-refractivity contribution in [3.8, 4) is 0 Å². The Labute approximate surface area is 153 Å². The Bertz CT molecular complexity index is 1100. The third-order valence-corrected chi connectivity index (χ3v) is 4.00. The highest BCUT2D eigenvalue weighted by Crippen LogP contribution is 2.28. The summed E-state index contributed by atoms with van der Waals surface area (Å²) in [6, 6.07) is 12.3. The number of nitrogens with zero attached hydrogens (tertiary/aromatic N) is 4. The number of H-pyrrole nitrogens is 1. The smallest absolute Gasteiger partial charge is 0.311 e. The summed E-state index contributed by atoms with van der Waals surface area (Å²) in [4.78, 5) is 19.2. The number of pyridine rings is 2. The summed E-state index contributed by atoms with van der Waals surface area (Å²) in [5.41, 5.74) is 2.43. The molecule has 4 aromatic rings. The second-order valence-electron chi connectivity index (χ2n) is 5.83. The maximum absolute atomic E-state index is 11.4. The molecular weight excluding hydrogens is 346 g/mol. The fourth-order valence-electron chi connectivity index (χ4n) is 2.63. The van der Waals surface area contributed by atoms with E-state index in [0.717, 1.165) is 16.5 Å². The van der Waals surface area contributed by atoms with Gasteiger partial charge in [0.15, 0.2) is 0 Å². The Kier molecular flexibility index (Phi) is 4.32. The van der Waals surface area contributed by atoms with Gasteiger partial charge in [0.25, 0.3) is 0 Å². The fraction of sp³-hybridized carbons (Fsp3) is 0.0556. The minimum absolute atomic E-state index is 0.103. The molecule has 1 aromatic carbocycles. The number of fused-ring (bicyclic) bond motifs is 1. The molecule has 0 aliphatic rings. The van der Waals surface area contributed by atoms with Crippen molar-refractivity contribution in [1.82, 2.24) is 20.2 Å². The van der Waals surface area contributed by atoms with Gasteiger partial charge >= 0.3 is 5.69 Å². The highest BCUT2D eigenvalue weighted by Gasteiger charge is 2.16. The van der Waals surface area contributed by atoms with Crippen molar-refractivity contribution in [2.24, 2.45) is 0 Å². The Balaban J connectivity index is 1.59. The first-order valence-electron chi connectivity index (χ1n) is 8.17. The molecule has 0 spiro atoms. The van der Waals surface area contributed by atoms with Gasteiger partial charge in [0.05, 0.1) is 16.6 Å². The number of rotatable bonds is 6. The maximum atomic E-state index is 11.4. The van der Waals surface area contributed by atoms with Gasteiger partial charge in [0.1, 0.15) is 5.82 Å². The van der Waals surface area contributed by atoms with Crippen LogP contribution in [0, 0.1) is 10.1 Å². The van der Waals surface area contributed by atoms with Crippen LogP contribution in [-0.4, -0.2) is 25.1 Å². The van der Waals surface area contributed by atoms with Crippen molar-refractivity contribution < 1.29 is 4.92 Å². The molecule has 3 heterocycles. The summed E-state index contributed by atoms with van der Waals surface area (Å²) >= 11 is 0. The number of nitrogens with one attached hydrogen (secondary N) is 3. The van der Waals surface area contributed by atoms with Gasteiger partial charge < -0.3 is 10.6 Å². The zero-order chi connectivity index (χ0) is 18.6. The SMILES string of the molecule is O=[N+]([O-])c1ccc(NCc2ccncc2)nc1Nc1ccc2cn[nH]c2c1. The number of anilines is 3. The van der Waals surface area contributed by atoms with Crippen molar-refractivity contribution in [1.29, 1.82) is 0 Å². The Hall–Kier alpha value is -4.01. The molecule has 0 saturated heterocycles. The average Bonchev–Trinajstić information content (AvgIpc) is 3.15. The summed E-state index contributed by atoms with van der Waals surface area (Å²) in [6.45, 7) is 0.535. The molecule has 0 fully saturated rings. The van der Waals surface area contributed by atoms with Gasteiger partial charge in [-0.3, -0.25) is 20.2 Å². The predicted molar refractivity (Wildman–Crippen MR) is 102 cm³/mol. The Morgan fingerprint density at radius 3 is 2.78 bits per heavy atom. The molecule has 0 aliphatic carbocycles. The first kappa shape index (κ1) is 16.5. The maximum Gasteiger partial charge on any atom is 0.311 e. The number of aromatic amines is 1. The predicted octanol–water partition coefficient (Wildman–Crippen LogP) is 3.62. The van der Waals surface area contributed by atoms with Crippen LogP contribution in [0.3, 0.4) is 0 Å². The summed E-state index contributed by atoms with van der Waals surface area (Å²) in [7, 11) is 0. The van der Waals surface area contributed by atoms with Crippen molar-refractivity contribution in [3.63, 3.8) is 0 Å². The van der Waals surface area contributed by atoms with Gasteiger partial charge in [-0.1, -0.05) is 0 Å². The van der Waals surface area contributed by atoms with Gasteiger partial charge in [-0.25, -0.2) is 4.98 Å². The molecule has 3 N–H and O–H groups in total. The van der Waals surface area contributed by atoms with Crippen LogP contribution in [0.15, 0.2) is 61.1 Å². The second kappa shape index (κ2) is 7.08. The minimum atomic E-state index is -0.462. The lowest BCUT2D eigenvalue weighted by Crippen LogP contribution is -2.05. The normalized spacial score (nSPS) is 10.7. The Morgan fingerprint density at radius 2 is 1.96 bits per heavy atom. The van der Waals surface area contributed by atoms with E-state index in [1.54, 1.807) is 24.7 Å². The van der Waals surface area contributed by atoms with Crippen LogP contribution in [0.4, 0.5) is 23.0 Å². The molecule has 0 amide bonds. The molecule has 0 radical (unpaired) electrons. The van der Waals surface area contributed by atoms with Crippen LogP contribution in [0.2, 0.25) is 0 Å². The lowest BCUT2D eigenvalue weighted by Gasteiger charge is -2.10. The standard InChI is InChI=1S/C18H15N7O2/c26-25(27)16-3-4-17(20-10-12-5-7-19-8-6-12)23-18(16)22-14-2-1-13-11-21-24-15(13)9-14/h1-9,11H,10H2,(H,21,24)(H2,20,22,23). The lowest BCUT2D eigenvalue weighted by molar-refractivity contribution is -0.384. The number of hydrogen-bond donors (Lipinski definition) is 3. The van der Waals surface area contributed by atoms with E-state index in [0.29, 0.717) is 18.1 Å². The molecule has 0 unspecified atom stereocenters. The van der Waals surface area contributed by atoms with Crippen molar-refractivity contribution in [3.05, 3.63) is 76.7 Å². The van der Waals surface area contributed by atoms with E-state index in [1.165, 1.54) is 6.07 Å². The van der Waals surface area contributed by atoms with E-state index < -0.39 is 4.92 Å². The minimum Gasteiger partial charge on any atom is -0.366 e. The molecule has 0 aliphatic heterocycles. The second-order valence-corrected chi connectivity index (χ2v) is 5.83. The molecule has 9 nitrogen and oxygen atoms in total. The van der Waals surface area contributed by atoms with Gasteiger partial charge in [-0.15, -0.1) is 0 Å². The zero-order valence-electron chi connectivity index (χ0n) is 14.1. The summed E-state index contributed by atoms with van der Waals surface area (Å²) < 4.78 is 0. The van der Waals surface area contributed by atoms with Crippen molar-refractivity contribution in [2.75, 3.05) is 10.6 Å². The van der Waals surface area contributed by atoms with Crippen molar-refractivity contribution in [2.45, 2.75) is 6.54 Å². The number of nitro groups is 1. The van der Waals surface area contributed by atoms with E-state index in [4.69, 9.17) is 0 Å². The Morgan fingerprint density at radius 1 is 1.11 bits per heavy atom. The molecule has 4 rings (SSSR count). The third kappa shape index (κ3) is 3.66. The molecule has 27 heavy (non-hydrogen) atoms. The topological polar surface area (TPSA) is 122 Å². The first-order valence-corrected chi connectivity index (χ1v) is 8.17. The van der Waals surface area contributed by atoms with E-state index in [-0.39, 0.29) is 11.5 Å². The number of benzene rings is 1.